The Kier molecular flexibility index (Phi) is 5.59. The third kappa shape index (κ3) is 4.15. The molecule has 5 rings (SSSR count). The van der Waals surface area contributed by atoms with Gasteiger partial charge in [0.25, 0.3) is 5.91 Å². The van der Waals surface area contributed by atoms with Gasteiger partial charge in [-0.15, -0.1) is 0 Å². The number of nitriles is 1. The molecule has 1 N–H and O–H groups in total. The lowest BCUT2D eigenvalue weighted by molar-refractivity contribution is 0.102. The van der Waals surface area contributed by atoms with E-state index in [0.717, 1.165) is 33.5 Å². The van der Waals surface area contributed by atoms with Gasteiger partial charge in [-0.1, -0.05) is 30.3 Å². The number of nitrogens with zero attached hydrogens (tertiary/aromatic N) is 6. The number of carbonyl (C=O) groups excluding carboxylic acids is 1. The Balaban J connectivity index is 1.48. The summed E-state index contributed by atoms with van der Waals surface area (Å²) in [7, 11) is 1.85. The van der Waals surface area contributed by atoms with Crippen LogP contribution in [-0.2, 0) is 13.6 Å². The van der Waals surface area contributed by atoms with Crippen molar-refractivity contribution in [1.82, 2.24) is 24.5 Å². The normalized spacial score (nSPS) is 10.9. The number of aryl methyl sites for hydroxylation is 2. The van der Waals surface area contributed by atoms with Crippen molar-refractivity contribution >= 4 is 22.5 Å². The zero-order valence-corrected chi connectivity index (χ0v) is 19.6. The van der Waals surface area contributed by atoms with E-state index in [1.165, 1.54) is 0 Å². The molecule has 0 aliphatic heterocycles. The van der Waals surface area contributed by atoms with Gasteiger partial charge in [-0.25, -0.2) is 4.98 Å². The number of anilines is 1. The van der Waals surface area contributed by atoms with Gasteiger partial charge >= 0.3 is 0 Å². The second-order valence-electron chi connectivity index (χ2n) is 8.38. The first-order chi connectivity index (χ1) is 16.9. The maximum Gasteiger partial charge on any atom is 0.256 e. The van der Waals surface area contributed by atoms with Crippen LogP contribution in [0.5, 0.6) is 0 Å². The van der Waals surface area contributed by atoms with Gasteiger partial charge in [0.15, 0.2) is 0 Å². The summed E-state index contributed by atoms with van der Waals surface area (Å²) in [6, 6.07) is 20.8. The number of amides is 1. The molecular weight excluding hydrogens is 438 g/mol. The van der Waals surface area contributed by atoms with Crippen molar-refractivity contribution in [3.8, 4) is 17.5 Å². The molecule has 0 aliphatic rings. The molecule has 0 aliphatic carbocycles. The molecule has 0 saturated carbocycles. The number of rotatable bonds is 5. The number of fused-ring (bicyclic) bond motifs is 1. The number of benzene rings is 2. The number of nitrogens with one attached hydrogen (secondary N) is 1. The summed E-state index contributed by atoms with van der Waals surface area (Å²) in [5.74, 6) is -0.226. The molecule has 8 nitrogen and oxygen atoms in total. The molecule has 3 heterocycles. The molecule has 0 unspecified atom stereocenters. The quantitative estimate of drug-likeness (QED) is 0.411. The molecule has 3 aromatic heterocycles. The minimum absolute atomic E-state index is 0.226. The van der Waals surface area contributed by atoms with Crippen molar-refractivity contribution < 1.29 is 4.79 Å². The molecule has 0 fully saturated rings. The summed E-state index contributed by atoms with van der Waals surface area (Å²) in [4.78, 5) is 18.3. The lowest BCUT2D eigenvalue weighted by atomic mass is 10.1. The fraction of sp³-hybridized carbons (Fsp3) is 0.148. The van der Waals surface area contributed by atoms with Crippen LogP contribution in [-0.4, -0.2) is 30.5 Å². The predicted octanol–water partition coefficient (Wildman–Crippen LogP) is 4.62. The first-order valence-corrected chi connectivity index (χ1v) is 11.2. The Morgan fingerprint density at radius 3 is 2.57 bits per heavy atom. The number of hydrogen-bond acceptors (Lipinski definition) is 5. The molecule has 172 valence electrons. The van der Waals surface area contributed by atoms with Crippen molar-refractivity contribution in [3.63, 3.8) is 0 Å². The highest BCUT2D eigenvalue weighted by Gasteiger charge is 2.19. The van der Waals surface area contributed by atoms with E-state index in [1.807, 2.05) is 68.0 Å². The molecule has 35 heavy (non-hydrogen) atoms. The molecule has 0 spiro atoms. The Hall–Kier alpha value is -4.77. The largest absolute Gasteiger partial charge is 0.319 e. The number of hydrogen-bond donors (Lipinski definition) is 1. The van der Waals surface area contributed by atoms with E-state index in [0.29, 0.717) is 29.1 Å². The molecular formula is C27H23N7O. The Morgan fingerprint density at radius 2 is 1.86 bits per heavy atom. The highest BCUT2D eigenvalue weighted by molar-refractivity contribution is 6.13. The third-order valence-corrected chi connectivity index (χ3v) is 6.08. The highest BCUT2D eigenvalue weighted by atomic mass is 16.1. The van der Waals surface area contributed by atoms with Gasteiger partial charge < -0.3 is 5.32 Å². The van der Waals surface area contributed by atoms with Crippen LogP contribution in [0.25, 0.3) is 22.3 Å². The fourth-order valence-corrected chi connectivity index (χ4v) is 4.19. The minimum Gasteiger partial charge on any atom is -0.319 e. The monoisotopic (exact) mass is 461 g/mol. The zero-order chi connectivity index (χ0) is 24.5. The van der Waals surface area contributed by atoms with E-state index in [9.17, 15) is 4.79 Å². The SMILES string of the molecule is Cc1nn(Cc2ccc(C#N)cc2)c(C)c1NC(=O)c1cc(-c2ccnn2C)nc2ccccc12. The second kappa shape index (κ2) is 8.88. The minimum atomic E-state index is -0.226. The van der Waals surface area contributed by atoms with E-state index in [2.05, 4.69) is 21.6 Å². The molecule has 0 bridgehead atoms. The number of para-hydroxylation sites is 1. The smallest absolute Gasteiger partial charge is 0.256 e. The summed E-state index contributed by atoms with van der Waals surface area (Å²) < 4.78 is 3.60. The van der Waals surface area contributed by atoms with E-state index in [-0.39, 0.29) is 5.91 Å². The van der Waals surface area contributed by atoms with E-state index in [4.69, 9.17) is 10.2 Å². The highest BCUT2D eigenvalue weighted by Crippen LogP contribution is 2.27. The van der Waals surface area contributed by atoms with E-state index < -0.39 is 0 Å². The van der Waals surface area contributed by atoms with Crippen molar-refractivity contribution in [2.45, 2.75) is 20.4 Å². The average Bonchev–Trinajstić information content (AvgIpc) is 3.41. The van der Waals surface area contributed by atoms with Crippen LogP contribution in [0, 0.1) is 25.2 Å². The number of aromatic nitrogens is 5. The predicted molar refractivity (Wildman–Crippen MR) is 134 cm³/mol. The van der Waals surface area contributed by atoms with Crippen LogP contribution in [0.4, 0.5) is 5.69 Å². The van der Waals surface area contributed by atoms with Crippen LogP contribution in [0.15, 0.2) is 66.9 Å². The van der Waals surface area contributed by atoms with Crippen LogP contribution >= 0.6 is 0 Å². The van der Waals surface area contributed by atoms with Crippen molar-refractivity contribution in [2.75, 3.05) is 5.32 Å². The molecule has 2 aromatic carbocycles. The average molecular weight is 462 g/mol. The maximum absolute atomic E-state index is 13.5. The second-order valence-corrected chi connectivity index (χ2v) is 8.38. The lowest BCUT2D eigenvalue weighted by Gasteiger charge is -2.11. The Labute approximate surface area is 202 Å². The van der Waals surface area contributed by atoms with E-state index in [1.54, 1.807) is 29.1 Å². The van der Waals surface area contributed by atoms with Gasteiger partial charge in [-0.3, -0.25) is 14.2 Å². The first-order valence-electron chi connectivity index (χ1n) is 11.2. The molecule has 0 atom stereocenters. The van der Waals surface area contributed by atoms with Gasteiger partial charge in [0.05, 0.1) is 57.7 Å². The lowest BCUT2D eigenvalue weighted by Crippen LogP contribution is -2.14. The topological polar surface area (TPSA) is 101 Å². The molecule has 0 saturated heterocycles. The Morgan fingerprint density at radius 1 is 1.09 bits per heavy atom. The summed E-state index contributed by atoms with van der Waals surface area (Å²) in [5, 5.41) is 21.7. The van der Waals surface area contributed by atoms with Crippen molar-refractivity contribution in [3.05, 3.63) is 94.9 Å². The van der Waals surface area contributed by atoms with Crippen molar-refractivity contribution in [1.29, 1.82) is 5.26 Å². The molecule has 8 heteroatoms. The van der Waals surface area contributed by atoms with Gasteiger partial charge in [-0.2, -0.15) is 15.5 Å². The molecule has 0 radical (unpaired) electrons. The van der Waals surface area contributed by atoms with Crippen molar-refractivity contribution in [2.24, 2.45) is 7.05 Å². The van der Waals surface area contributed by atoms with Gasteiger partial charge in [-0.05, 0) is 49.7 Å². The van der Waals surface area contributed by atoms with Gasteiger partial charge in [0, 0.05) is 18.6 Å². The Bertz CT molecular complexity index is 1600. The van der Waals surface area contributed by atoms with E-state index >= 15 is 0 Å². The van der Waals surface area contributed by atoms with Crippen LogP contribution < -0.4 is 5.32 Å². The number of pyridine rings is 1. The molecule has 5 aromatic rings. The van der Waals surface area contributed by atoms with Crippen LogP contribution in [0.2, 0.25) is 0 Å². The van der Waals surface area contributed by atoms with Gasteiger partial charge in [0.1, 0.15) is 0 Å². The fourth-order valence-electron chi connectivity index (χ4n) is 4.19. The molecule has 1 amide bonds. The third-order valence-electron chi connectivity index (χ3n) is 6.08. The van der Waals surface area contributed by atoms with Crippen LogP contribution in [0.1, 0.15) is 32.9 Å². The zero-order valence-electron chi connectivity index (χ0n) is 19.6. The van der Waals surface area contributed by atoms with Gasteiger partial charge in [0.2, 0.25) is 0 Å². The van der Waals surface area contributed by atoms with Crippen LogP contribution in [0.3, 0.4) is 0 Å². The maximum atomic E-state index is 13.5. The standard InChI is InChI=1S/C27H23N7O/c1-17-26(18(2)34(32-17)16-20-10-8-19(15-28)9-11-20)31-27(35)22-14-24(25-12-13-29-33(25)3)30-23-7-5-4-6-21(22)23/h4-14H,16H2,1-3H3,(H,31,35). The summed E-state index contributed by atoms with van der Waals surface area (Å²) in [6.45, 7) is 4.35. The summed E-state index contributed by atoms with van der Waals surface area (Å²) in [6.07, 6.45) is 1.71. The number of carbonyl (C=O) groups is 1. The summed E-state index contributed by atoms with van der Waals surface area (Å²) >= 11 is 0. The first kappa shape index (κ1) is 22.0. The summed E-state index contributed by atoms with van der Waals surface area (Å²) in [5.41, 5.74) is 6.68.